The Morgan fingerprint density at radius 1 is 0.141 bits per heavy atom. The van der Waals surface area contributed by atoms with Gasteiger partial charge in [0.15, 0.2) is 0 Å². The van der Waals surface area contributed by atoms with Crippen LogP contribution in [0, 0.1) is 0 Å². The highest BCUT2D eigenvalue weighted by Crippen LogP contribution is 2.42. The standard InChI is InChI=1S/C94H186S5/c1-6-11-16-21-26-31-36-41-46-51-56-61-66-71-76-81-86-95-92(94(98-89-84-79-74-69-64-59-54-49-44-39-34-29-24-19-14-9-4)99-90-85-80-75-70-65-60-55-50-45-40-35-30-25-20-15-10-5)91-93(96-87-82-77-72-67-62-57-52-47-42-37-32-27-22-17-12-7-2)97-88-83-78-73-68-63-58-53-48-43-38-33-28-23-18-13-8-3/h91H,6-90H2,1-5H3. The molecule has 5 heteroatoms. The van der Waals surface area contributed by atoms with E-state index in [0.29, 0.717) is 0 Å². The average Bonchev–Trinajstić information content (AvgIpc) is 0.967. The topological polar surface area (TPSA) is 0 Å². The van der Waals surface area contributed by atoms with E-state index in [4.69, 9.17) is 0 Å². The predicted octanol–water partition coefficient (Wildman–Crippen LogP) is 38.0. The van der Waals surface area contributed by atoms with Crippen molar-refractivity contribution in [2.75, 3.05) is 28.8 Å². The highest BCUT2D eigenvalue weighted by atomic mass is 32.2. The molecule has 0 nitrogen and oxygen atoms in total. The molecule has 0 saturated carbocycles. The van der Waals surface area contributed by atoms with Crippen LogP contribution in [-0.2, 0) is 0 Å². The first kappa shape index (κ1) is 100. The van der Waals surface area contributed by atoms with Gasteiger partial charge in [-0.1, -0.05) is 516 Å². The van der Waals surface area contributed by atoms with Crippen molar-refractivity contribution in [3.8, 4) is 0 Å². The molecule has 592 valence electrons. The number of hydrogen-bond donors (Lipinski definition) is 0. The number of thioether (sulfide) groups is 5. The van der Waals surface area contributed by atoms with E-state index >= 15 is 0 Å². The maximum absolute atomic E-state index is 2.81. The van der Waals surface area contributed by atoms with Crippen LogP contribution in [0.5, 0.6) is 0 Å². The maximum Gasteiger partial charge on any atom is 0.0538 e. The Morgan fingerprint density at radius 2 is 0.263 bits per heavy atom. The zero-order chi connectivity index (χ0) is 71.1. The van der Waals surface area contributed by atoms with E-state index < -0.39 is 0 Å². The molecule has 0 atom stereocenters. The van der Waals surface area contributed by atoms with Crippen LogP contribution in [0.2, 0.25) is 0 Å². The van der Waals surface area contributed by atoms with Crippen molar-refractivity contribution in [3.05, 3.63) is 19.5 Å². The summed E-state index contributed by atoms with van der Waals surface area (Å²) in [5.74, 6) is 6.53. The molecule has 0 spiro atoms. The summed E-state index contributed by atoms with van der Waals surface area (Å²) < 4.78 is 3.37. The maximum atomic E-state index is 2.81. The summed E-state index contributed by atoms with van der Waals surface area (Å²) >= 11 is 11.4. The Bertz CT molecular complexity index is 1410. The second-order valence-corrected chi connectivity index (χ2v) is 38.0. The fraction of sp³-hybridized carbons (Fsp3) is 0.957. The van der Waals surface area contributed by atoms with Crippen molar-refractivity contribution in [2.24, 2.45) is 0 Å². The molecule has 0 bridgehead atoms. The van der Waals surface area contributed by atoms with Gasteiger partial charge in [-0.2, -0.15) is 0 Å². The van der Waals surface area contributed by atoms with Gasteiger partial charge in [-0.15, -0.1) is 58.8 Å². The Kier molecular flexibility index (Phi) is 94.6. The predicted molar refractivity (Wildman–Crippen MR) is 475 cm³/mol. The summed E-state index contributed by atoms with van der Waals surface area (Å²) in [5, 5.41) is 0. The van der Waals surface area contributed by atoms with E-state index in [9.17, 15) is 0 Å². The highest BCUT2D eigenvalue weighted by molar-refractivity contribution is 8.23. The van der Waals surface area contributed by atoms with E-state index in [0.717, 1.165) is 0 Å². The van der Waals surface area contributed by atoms with Gasteiger partial charge in [0, 0.05) is 9.14 Å². The van der Waals surface area contributed by atoms with Gasteiger partial charge in [0.2, 0.25) is 0 Å². The van der Waals surface area contributed by atoms with E-state index in [1.807, 2.05) is 0 Å². The third kappa shape index (κ3) is 86.3. The third-order valence-electron chi connectivity index (χ3n) is 21.7. The Labute approximate surface area is 650 Å². The van der Waals surface area contributed by atoms with Crippen molar-refractivity contribution < 1.29 is 0 Å². The van der Waals surface area contributed by atoms with Crippen LogP contribution in [0.3, 0.4) is 0 Å². The lowest BCUT2D eigenvalue weighted by molar-refractivity contribution is 0.531. The number of hydrogen-bond acceptors (Lipinski definition) is 5. The zero-order valence-electron chi connectivity index (χ0n) is 69.2. The van der Waals surface area contributed by atoms with Crippen molar-refractivity contribution in [3.63, 3.8) is 0 Å². The summed E-state index contributed by atoms with van der Waals surface area (Å²) in [6, 6.07) is 0. The molecule has 0 heterocycles. The average molecular weight is 1480 g/mol. The lowest BCUT2D eigenvalue weighted by Gasteiger charge is -2.15. The van der Waals surface area contributed by atoms with Crippen LogP contribution in [0.25, 0.3) is 0 Å². The highest BCUT2D eigenvalue weighted by Gasteiger charge is 2.13. The molecule has 0 unspecified atom stereocenters. The van der Waals surface area contributed by atoms with E-state index in [1.54, 1.807) is 13.4 Å². The second kappa shape index (κ2) is 93.4. The first-order valence-electron chi connectivity index (χ1n) is 46.8. The molecule has 0 aromatic heterocycles. The summed E-state index contributed by atoms with van der Waals surface area (Å²) in [5.41, 5.74) is 0. The third-order valence-corrected chi connectivity index (χ3v) is 28.2. The second-order valence-electron chi connectivity index (χ2n) is 31.9. The molecular formula is C94H186S5. The first-order chi connectivity index (χ1) is 49.2. The van der Waals surface area contributed by atoms with Crippen molar-refractivity contribution in [1.82, 2.24) is 0 Å². The molecule has 0 amide bonds. The molecule has 0 aromatic rings. The van der Waals surface area contributed by atoms with Crippen molar-refractivity contribution >= 4 is 58.8 Å². The Morgan fingerprint density at radius 3 is 0.414 bits per heavy atom. The Balaban J connectivity index is 6.01. The molecule has 0 aliphatic rings. The lowest BCUT2D eigenvalue weighted by atomic mass is 10.0. The first-order valence-corrected chi connectivity index (χ1v) is 51.8. The quantitative estimate of drug-likeness (QED) is 0.0438. The van der Waals surface area contributed by atoms with E-state index in [1.165, 1.54) is 542 Å². The normalized spacial score (nSPS) is 11.7. The molecule has 0 saturated heterocycles. The molecule has 99 heavy (non-hydrogen) atoms. The molecular weight excluding hydrogens is 1290 g/mol. The van der Waals surface area contributed by atoms with Crippen molar-refractivity contribution in [2.45, 2.75) is 548 Å². The molecule has 0 radical (unpaired) electrons. The molecule has 0 aliphatic heterocycles. The molecule has 0 rings (SSSR count). The number of allylic oxidation sites excluding steroid dienone is 1. The molecule has 0 fully saturated rings. The monoisotopic (exact) mass is 1480 g/mol. The molecule has 0 aromatic carbocycles. The van der Waals surface area contributed by atoms with Gasteiger partial charge in [-0.25, -0.2) is 0 Å². The minimum Gasteiger partial charge on any atom is -0.124 e. The van der Waals surface area contributed by atoms with Crippen LogP contribution in [0.15, 0.2) is 19.5 Å². The van der Waals surface area contributed by atoms with Crippen LogP contribution in [0.1, 0.15) is 548 Å². The van der Waals surface area contributed by atoms with Gasteiger partial charge in [0.1, 0.15) is 0 Å². The zero-order valence-corrected chi connectivity index (χ0v) is 73.3. The van der Waals surface area contributed by atoms with E-state index in [2.05, 4.69) is 99.5 Å². The summed E-state index contributed by atoms with van der Waals surface area (Å²) in [6.45, 7) is 11.7. The lowest BCUT2D eigenvalue weighted by Crippen LogP contribution is -1.92. The van der Waals surface area contributed by atoms with Crippen LogP contribution >= 0.6 is 58.8 Å². The van der Waals surface area contributed by atoms with Gasteiger partial charge >= 0.3 is 0 Å². The van der Waals surface area contributed by atoms with Gasteiger partial charge in [-0.05, 0) is 66.9 Å². The minimum atomic E-state index is 1.30. The van der Waals surface area contributed by atoms with Crippen LogP contribution in [0.4, 0.5) is 0 Å². The fourth-order valence-corrected chi connectivity index (χ4v) is 21.1. The number of rotatable bonds is 91. The van der Waals surface area contributed by atoms with E-state index in [-0.39, 0.29) is 0 Å². The largest absolute Gasteiger partial charge is 0.124 e. The van der Waals surface area contributed by atoms with Crippen LogP contribution < -0.4 is 0 Å². The van der Waals surface area contributed by atoms with Gasteiger partial charge in [0.25, 0.3) is 0 Å². The summed E-state index contributed by atoms with van der Waals surface area (Å²) in [4.78, 5) is 1.67. The van der Waals surface area contributed by atoms with Gasteiger partial charge in [0.05, 0.1) is 4.24 Å². The SMILES string of the molecule is CCCCCCCCCCCCCCCCCCSC(=CC(SCCCCCCCCCCCCCCCCCC)=C(SCCCCCCCCCCCCCCCCCC)SCCCCCCCCCCCCCCCCCC)SCCCCCCCCCCCCCCCCCC. The summed E-state index contributed by atoms with van der Waals surface area (Å²) in [7, 11) is 0. The van der Waals surface area contributed by atoms with Crippen LogP contribution in [-0.4, -0.2) is 28.8 Å². The number of unbranched alkanes of at least 4 members (excludes halogenated alkanes) is 75. The summed E-state index contributed by atoms with van der Waals surface area (Å²) in [6.07, 6.45) is 119. The molecule has 0 aliphatic carbocycles. The fourth-order valence-electron chi connectivity index (χ4n) is 14.7. The molecule has 0 N–H and O–H groups in total. The Hall–Kier alpha value is 1.23. The van der Waals surface area contributed by atoms with Gasteiger partial charge < -0.3 is 0 Å². The minimum absolute atomic E-state index is 1.30. The van der Waals surface area contributed by atoms with Crippen molar-refractivity contribution in [1.29, 1.82) is 0 Å². The smallest absolute Gasteiger partial charge is 0.0538 e. The van der Waals surface area contributed by atoms with Gasteiger partial charge in [-0.3, -0.25) is 0 Å².